The molecule has 3 aromatic carbocycles. The third kappa shape index (κ3) is 3.94. The van der Waals surface area contributed by atoms with E-state index in [1.807, 2.05) is 51.0 Å². The van der Waals surface area contributed by atoms with Crippen LogP contribution in [0.1, 0.15) is 34.0 Å². The molecular formula is C29H30N4O. The molecule has 172 valence electrons. The van der Waals surface area contributed by atoms with Crippen molar-refractivity contribution in [3.8, 4) is 5.69 Å². The number of carbonyl (C=O) groups is 1. The molecular weight excluding hydrogens is 420 g/mol. The summed E-state index contributed by atoms with van der Waals surface area (Å²) in [6, 6.07) is 26.8. The molecule has 4 aromatic rings. The minimum atomic E-state index is -0.233. The Morgan fingerprint density at radius 2 is 1.71 bits per heavy atom. The largest absolute Gasteiger partial charge is 0.378 e. The number of rotatable bonds is 3. The van der Waals surface area contributed by atoms with Gasteiger partial charge in [0.15, 0.2) is 0 Å². The molecule has 2 heterocycles. The number of fused-ring (bicyclic) bond motifs is 3. The van der Waals surface area contributed by atoms with E-state index in [2.05, 4.69) is 81.6 Å². The molecule has 0 radical (unpaired) electrons. The van der Waals surface area contributed by atoms with Crippen LogP contribution in [0.25, 0.3) is 5.69 Å². The first-order chi connectivity index (χ1) is 16.4. The number of carbonyl (C=O) groups excluding carboxylic acids is 1. The first-order valence-corrected chi connectivity index (χ1v) is 11.6. The number of nitrogens with one attached hydrogen (secondary N) is 1. The Labute approximate surface area is 201 Å². The van der Waals surface area contributed by atoms with Crippen molar-refractivity contribution in [3.63, 3.8) is 0 Å². The normalized spacial score (nSPS) is 14.7. The molecule has 1 aliphatic heterocycles. The van der Waals surface area contributed by atoms with Gasteiger partial charge in [0.25, 0.3) is 0 Å². The first kappa shape index (κ1) is 21.8. The van der Waals surface area contributed by atoms with Crippen LogP contribution in [0, 0.1) is 13.8 Å². The number of nitrogens with zero attached hydrogens (tertiary/aromatic N) is 3. The number of hydrogen-bond donors (Lipinski definition) is 1. The molecule has 1 atom stereocenters. The van der Waals surface area contributed by atoms with Crippen molar-refractivity contribution >= 4 is 17.4 Å². The summed E-state index contributed by atoms with van der Waals surface area (Å²) in [5, 5.41) is 3.20. The average Bonchev–Trinajstić information content (AvgIpc) is 3.25. The molecule has 0 aliphatic carbocycles. The van der Waals surface area contributed by atoms with Gasteiger partial charge in [-0.15, -0.1) is 0 Å². The number of anilines is 2. The van der Waals surface area contributed by atoms with Gasteiger partial charge in [0.2, 0.25) is 0 Å². The highest BCUT2D eigenvalue weighted by molar-refractivity contribution is 5.91. The van der Waals surface area contributed by atoms with Crippen LogP contribution in [0.15, 0.2) is 85.1 Å². The molecule has 0 saturated heterocycles. The second-order valence-corrected chi connectivity index (χ2v) is 9.20. The SMILES string of the molecule is Cc1ccc(C)c(NC(=O)N2Cc3ccccc3-n3cccc3[C@@H]2c2ccc(N(C)C)cc2)c1. The van der Waals surface area contributed by atoms with Gasteiger partial charge in [0.1, 0.15) is 0 Å². The number of aromatic nitrogens is 1. The average molecular weight is 451 g/mol. The van der Waals surface area contributed by atoms with E-state index < -0.39 is 0 Å². The zero-order chi connectivity index (χ0) is 23.8. The predicted octanol–water partition coefficient (Wildman–Crippen LogP) is 6.30. The molecule has 0 unspecified atom stereocenters. The molecule has 1 aliphatic rings. The smallest absolute Gasteiger partial charge is 0.322 e. The van der Waals surface area contributed by atoms with Crippen LogP contribution in [-0.4, -0.2) is 29.6 Å². The second-order valence-electron chi connectivity index (χ2n) is 9.20. The van der Waals surface area contributed by atoms with Crippen molar-refractivity contribution in [2.45, 2.75) is 26.4 Å². The third-order valence-corrected chi connectivity index (χ3v) is 6.58. The topological polar surface area (TPSA) is 40.5 Å². The molecule has 34 heavy (non-hydrogen) atoms. The van der Waals surface area contributed by atoms with E-state index in [0.717, 1.165) is 45.0 Å². The lowest BCUT2D eigenvalue weighted by Gasteiger charge is -2.31. The number of urea groups is 1. The van der Waals surface area contributed by atoms with Crippen LogP contribution in [0.5, 0.6) is 0 Å². The fraction of sp³-hybridized carbons (Fsp3) is 0.207. The van der Waals surface area contributed by atoms with E-state index >= 15 is 0 Å². The molecule has 5 heteroatoms. The molecule has 0 spiro atoms. The lowest BCUT2D eigenvalue weighted by Crippen LogP contribution is -2.38. The molecule has 1 N–H and O–H groups in total. The summed E-state index contributed by atoms with van der Waals surface area (Å²) in [6.45, 7) is 4.57. The summed E-state index contributed by atoms with van der Waals surface area (Å²) in [7, 11) is 4.07. The van der Waals surface area contributed by atoms with E-state index in [9.17, 15) is 4.79 Å². The van der Waals surface area contributed by atoms with Crippen LogP contribution in [0.2, 0.25) is 0 Å². The zero-order valence-electron chi connectivity index (χ0n) is 20.1. The van der Waals surface area contributed by atoms with Crippen molar-refractivity contribution in [3.05, 3.63) is 113 Å². The van der Waals surface area contributed by atoms with Crippen molar-refractivity contribution in [2.75, 3.05) is 24.3 Å². The van der Waals surface area contributed by atoms with E-state index in [1.54, 1.807) is 0 Å². The Morgan fingerprint density at radius 3 is 2.47 bits per heavy atom. The van der Waals surface area contributed by atoms with Crippen LogP contribution in [0.4, 0.5) is 16.2 Å². The molecule has 0 fully saturated rings. The summed E-state index contributed by atoms with van der Waals surface area (Å²) < 4.78 is 2.21. The third-order valence-electron chi connectivity index (χ3n) is 6.58. The molecule has 5 nitrogen and oxygen atoms in total. The van der Waals surface area contributed by atoms with Gasteiger partial charge in [-0.05, 0) is 72.5 Å². The fourth-order valence-electron chi connectivity index (χ4n) is 4.70. The Morgan fingerprint density at radius 1 is 0.941 bits per heavy atom. The van der Waals surface area contributed by atoms with Crippen molar-refractivity contribution in [1.29, 1.82) is 0 Å². The number of aryl methyl sites for hydroxylation is 2. The highest BCUT2D eigenvalue weighted by Gasteiger charge is 2.33. The summed E-state index contributed by atoms with van der Waals surface area (Å²) >= 11 is 0. The van der Waals surface area contributed by atoms with Crippen LogP contribution in [-0.2, 0) is 6.54 Å². The number of benzene rings is 3. The minimum absolute atomic E-state index is 0.111. The summed E-state index contributed by atoms with van der Waals surface area (Å²) in [5.74, 6) is 0. The van der Waals surface area contributed by atoms with Gasteiger partial charge in [-0.25, -0.2) is 4.79 Å². The summed E-state index contributed by atoms with van der Waals surface area (Å²) in [4.78, 5) is 17.9. The van der Waals surface area contributed by atoms with Crippen LogP contribution >= 0.6 is 0 Å². The molecule has 0 bridgehead atoms. The van der Waals surface area contributed by atoms with Gasteiger partial charge < -0.3 is 19.7 Å². The molecule has 0 saturated carbocycles. The Bertz CT molecular complexity index is 1340. The summed E-state index contributed by atoms with van der Waals surface area (Å²) in [5.41, 5.74) is 8.51. The van der Waals surface area contributed by atoms with E-state index in [-0.39, 0.29) is 12.1 Å². The molecule has 5 rings (SSSR count). The second kappa shape index (κ2) is 8.75. The molecule has 2 amide bonds. The predicted molar refractivity (Wildman–Crippen MR) is 139 cm³/mol. The Balaban J connectivity index is 1.62. The maximum atomic E-state index is 13.9. The maximum absolute atomic E-state index is 13.9. The summed E-state index contributed by atoms with van der Waals surface area (Å²) in [6.07, 6.45) is 2.08. The highest BCUT2D eigenvalue weighted by Crippen LogP contribution is 2.37. The van der Waals surface area contributed by atoms with Crippen molar-refractivity contribution in [2.24, 2.45) is 0 Å². The lowest BCUT2D eigenvalue weighted by atomic mass is 10.0. The van der Waals surface area contributed by atoms with Crippen molar-refractivity contribution < 1.29 is 4.79 Å². The Kier molecular flexibility index (Phi) is 5.62. The lowest BCUT2D eigenvalue weighted by molar-refractivity contribution is 0.194. The quantitative estimate of drug-likeness (QED) is 0.398. The van der Waals surface area contributed by atoms with E-state index in [0.29, 0.717) is 6.54 Å². The maximum Gasteiger partial charge on any atom is 0.322 e. The van der Waals surface area contributed by atoms with E-state index in [4.69, 9.17) is 0 Å². The van der Waals surface area contributed by atoms with Crippen LogP contribution < -0.4 is 10.2 Å². The van der Waals surface area contributed by atoms with Crippen molar-refractivity contribution in [1.82, 2.24) is 9.47 Å². The monoisotopic (exact) mass is 450 g/mol. The Hall–Kier alpha value is -3.99. The van der Waals surface area contributed by atoms with Gasteiger partial charge in [0, 0.05) is 37.4 Å². The highest BCUT2D eigenvalue weighted by atomic mass is 16.2. The van der Waals surface area contributed by atoms with E-state index in [1.165, 1.54) is 0 Å². The van der Waals surface area contributed by atoms with Gasteiger partial charge in [0.05, 0.1) is 18.3 Å². The van der Waals surface area contributed by atoms with Gasteiger partial charge in [-0.2, -0.15) is 0 Å². The number of para-hydroxylation sites is 1. The number of hydrogen-bond acceptors (Lipinski definition) is 2. The van der Waals surface area contributed by atoms with Gasteiger partial charge in [-0.3, -0.25) is 0 Å². The minimum Gasteiger partial charge on any atom is -0.378 e. The van der Waals surface area contributed by atoms with Crippen LogP contribution in [0.3, 0.4) is 0 Å². The number of amides is 2. The van der Waals surface area contributed by atoms with Gasteiger partial charge >= 0.3 is 6.03 Å². The van der Waals surface area contributed by atoms with Gasteiger partial charge in [-0.1, -0.05) is 42.5 Å². The zero-order valence-corrected chi connectivity index (χ0v) is 20.1. The fourth-order valence-corrected chi connectivity index (χ4v) is 4.70. The standard InChI is InChI=1S/C29H30N4O/c1-20-11-12-21(2)25(18-20)30-29(34)33-19-23-8-5-6-9-26(23)32-17-7-10-27(32)28(33)22-13-15-24(16-14-22)31(3)4/h5-18,28H,19H2,1-4H3,(H,30,34)/t28-/m0/s1. The first-order valence-electron chi connectivity index (χ1n) is 11.6. The molecule has 1 aromatic heterocycles.